The van der Waals surface area contributed by atoms with Crippen LogP contribution < -0.4 is 5.32 Å². The average molecular weight is 354 g/mol. The van der Waals surface area contributed by atoms with Crippen LogP contribution in [0.3, 0.4) is 0 Å². The SMILES string of the molecule is CC(C)(C)OC(=O)NCc1ccc(Br)cc1C(F)(F)F. The van der Waals surface area contributed by atoms with Crippen LogP contribution in [-0.2, 0) is 17.5 Å². The number of carbonyl (C=O) groups excluding carboxylic acids is 1. The third-order valence-electron chi connectivity index (χ3n) is 2.20. The third kappa shape index (κ3) is 5.40. The predicted molar refractivity (Wildman–Crippen MR) is 72.2 cm³/mol. The summed E-state index contributed by atoms with van der Waals surface area (Å²) < 4.78 is 43.9. The van der Waals surface area contributed by atoms with Crippen molar-refractivity contribution in [3.05, 3.63) is 33.8 Å². The van der Waals surface area contributed by atoms with E-state index in [0.717, 1.165) is 6.07 Å². The topological polar surface area (TPSA) is 38.3 Å². The van der Waals surface area contributed by atoms with Gasteiger partial charge in [-0.15, -0.1) is 0 Å². The second kappa shape index (κ2) is 6.03. The van der Waals surface area contributed by atoms with Gasteiger partial charge in [-0.1, -0.05) is 22.0 Å². The van der Waals surface area contributed by atoms with E-state index in [-0.39, 0.29) is 12.1 Å². The summed E-state index contributed by atoms with van der Waals surface area (Å²) in [6.45, 7) is 4.77. The van der Waals surface area contributed by atoms with Gasteiger partial charge in [0.05, 0.1) is 5.56 Å². The number of hydrogen-bond acceptors (Lipinski definition) is 2. The first-order valence-corrected chi connectivity index (χ1v) is 6.61. The number of halogens is 4. The number of rotatable bonds is 2. The summed E-state index contributed by atoms with van der Waals surface area (Å²) in [7, 11) is 0. The van der Waals surface area contributed by atoms with Gasteiger partial charge in [0, 0.05) is 11.0 Å². The summed E-state index contributed by atoms with van der Waals surface area (Å²) >= 11 is 3.00. The molecule has 0 aliphatic rings. The van der Waals surface area contributed by atoms with Crippen LogP contribution in [0.25, 0.3) is 0 Å². The van der Waals surface area contributed by atoms with E-state index < -0.39 is 23.4 Å². The quantitative estimate of drug-likeness (QED) is 0.850. The number of carbonyl (C=O) groups is 1. The molecule has 0 aliphatic heterocycles. The molecular formula is C13H15BrF3NO2. The van der Waals surface area contributed by atoms with Crippen molar-refractivity contribution in [1.82, 2.24) is 5.32 Å². The second-order valence-corrected chi connectivity index (χ2v) is 6.07. The summed E-state index contributed by atoms with van der Waals surface area (Å²) in [6.07, 6.45) is -5.23. The van der Waals surface area contributed by atoms with Gasteiger partial charge in [-0.25, -0.2) is 4.79 Å². The zero-order chi connectivity index (χ0) is 15.6. The van der Waals surface area contributed by atoms with E-state index in [2.05, 4.69) is 21.2 Å². The predicted octanol–water partition coefficient (Wildman–Crippen LogP) is 4.49. The highest BCUT2D eigenvalue weighted by atomic mass is 79.9. The molecule has 0 fully saturated rings. The normalized spacial score (nSPS) is 12.2. The highest BCUT2D eigenvalue weighted by molar-refractivity contribution is 9.10. The first-order valence-electron chi connectivity index (χ1n) is 5.81. The van der Waals surface area contributed by atoms with E-state index in [9.17, 15) is 18.0 Å². The molecule has 3 nitrogen and oxygen atoms in total. The summed E-state index contributed by atoms with van der Waals surface area (Å²) in [5.74, 6) is 0. The molecule has 1 amide bonds. The van der Waals surface area contributed by atoms with Crippen molar-refractivity contribution in [2.24, 2.45) is 0 Å². The van der Waals surface area contributed by atoms with Crippen LogP contribution in [0.1, 0.15) is 31.9 Å². The van der Waals surface area contributed by atoms with Crippen molar-refractivity contribution >= 4 is 22.0 Å². The summed E-state index contributed by atoms with van der Waals surface area (Å²) in [6, 6.07) is 3.78. The largest absolute Gasteiger partial charge is 0.444 e. The molecule has 1 aromatic rings. The molecule has 1 N–H and O–H groups in total. The summed E-state index contributed by atoms with van der Waals surface area (Å²) in [5, 5.41) is 2.31. The van der Waals surface area contributed by atoms with Gasteiger partial charge >= 0.3 is 12.3 Å². The zero-order valence-corrected chi connectivity index (χ0v) is 12.9. The lowest BCUT2D eigenvalue weighted by Crippen LogP contribution is -2.32. The third-order valence-corrected chi connectivity index (χ3v) is 2.69. The maximum absolute atomic E-state index is 12.9. The van der Waals surface area contributed by atoms with Gasteiger partial charge < -0.3 is 10.1 Å². The number of hydrogen-bond donors (Lipinski definition) is 1. The molecule has 0 radical (unpaired) electrons. The average Bonchev–Trinajstić information content (AvgIpc) is 2.23. The fraction of sp³-hybridized carbons (Fsp3) is 0.462. The monoisotopic (exact) mass is 353 g/mol. The van der Waals surface area contributed by atoms with E-state index in [4.69, 9.17) is 4.74 Å². The van der Waals surface area contributed by atoms with Gasteiger partial charge in [0.1, 0.15) is 5.60 Å². The van der Waals surface area contributed by atoms with E-state index in [1.54, 1.807) is 20.8 Å². The molecule has 1 aromatic carbocycles. The van der Waals surface area contributed by atoms with Gasteiger partial charge in [-0.3, -0.25) is 0 Å². The minimum absolute atomic E-state index is 0.0217. The standard InChI is InChI=1S/C13H15BrF3NO2/c1-12(2,3)20-11(19)18-7-8-4-5-9(14)6-10(8)13(15,16)17/h4-6H,7H2,1-3H3,(H,18,19). The maximum Gasteiger partial charge on any atom is 0.416 e. The molecule has 0 unspecified atom stereocenters. The first kappa shape index (κ1) is 16.8. The van der Waals surface area contributed by atoms with Crippen LogP contribution in [-0.4, -0.2) is 11.7 Å². The Bertz CT molecular complexity index is 495. The van der Waals surface area contributed by atoms with Crippen molar-refractivity contribution in [2.75, 3.05) is 0 Å². The molecule has 112 valence electrons. The van der Waals surface area contributed by atoms with Crippen molar-refractivity contribution in [2.45, 2.75) is 39.1 Å². The Balaban J connectivity index is 2.81. The molecule has 1 rings (SSSR count). The molecular weight excluding hydrogens is 339 g/mol. The Kier molecular flexibility index (Phi) is 5.07. The van der Waals surface area contributed by atoms with E-state index >= 15 is 0 Å². The Labute approximate surface area is 123 Å². The van der Waals surface area contributed by atoms with Gasteiger partial charge in [0.2, 0.25) is 0 Å². The minimum Gasteiger partial charge on any atom is -0.444 e. The summed E-state index contributed by atoms with van der Waals surface area (Å²) in [4.78, 5) is 11.4. The highest BCUT2D eigenvalue weighted by Crippen LogP contribution is 2.33. The van der Waals surface area contributed by atoms with Crippen LogP contribution in [0.4, 0.5) is 18.0 Å². The van der Waals surface area contributed by atoms with Crippen LogP contribution in [0.5, 0.6) is 0 Å². The Morgan fingerprint density at radius 1 is 1.30 bits per heavy atom. The van der Waals surface area contributed by atoms with Crippen LogP contribution in [0.2, 0.25) is 0 Å². The smallest absolute Gasteiger partial charge is 0.416 e. The Morgan fingerprint density at radius 3 is 2.40 bits per heavy atom. The number of nitrogens with one attached hydrogen (secondary N) is 1. The van der Waals surface area contributed by atoms with Crippen LogP contribution in [0, 0.1) is 0 Å². The fourth-order valence-corrected chi connectivity index (χ4v) is 1.81. The number of alkyl carbamates (subject to hydrolysis) is 1. The maximum atomic E-state index is 12.9. The van der Waals surface area contributed by atoms with Crippen LogP contribution in [0.15, 0.2) is 22.7 Å². The Hall–Kier alpha value is -1.24. The van der Waals surface area contributed by atoms with E-state index in [1.165, 1.54) is 12.1 Å². The molecule has 0 heterocycles. The summed E-state index contributed by atoms with van der Waals surface area (Å²) in [5.41, 5.74) is -1.51. The lowest BCUT2D eigenvalue weighted by atomic mass is 10.1. The molecule has 0 aliphatic carbocycles. The van der Waals surface area contributed by atoms with E-state index in [0.29, 0.717) is 4.47 Å². The van der Waals surface area contributed by atoms with Gasteiger partial charge in [0.25, 0.3) is 0 Å². The lowest BCUT2D eigenvalue weighted by Gasteiger charge is -2.20. The number of alkyl halides is 3. The van der Waals surface area contributed by atoms with Gasteiger partial charge in [-0.05, 0) is 38.5 Å². The first-order chi connectivity index (χ1) is 8.99. The highest BCUT2D eigenvalue weighted by Gasteiger charge is 2.33. The minimum atomic E-state index is -4.48. The van der Waals surface area contributed by atoms with E-state index in [1.807, 2.05) is 0 Å². The number of amides is 1. The lowest BCUT2D eigenvalue weighted by molar-refractivity contribution is -0.138. The van der Waals surface area contributed by atoms with Crippen molar-refractivity contribution in [1.29, 1.82) is 0 Å². The van der Waals surface area contributed by atoms with Gasteiger partial charge in [0.15, 0.2) is 0 Å². The molecule has 0 bridgehead atoms. The van der Waals surface area contributed by atoms with Crippen molar-refractivity contribution in [3.8, 4) is 0 Å². The number of ether oxygens (including phenoxy) is 1. The molecule has 0 saturated carbocycles. The molecule has 20 heavy (non-hydrogen) atoms. The van der Waals surface area contributed by atoms with Crippen LogP contribution >= 0.6 is 15.9 Å². The zero-order valence-electron chi connectivity index (χ0n) is 11.3. The van der Waals surface area contributed by atoms with Gasteiger partial charge in [-0.2, -0.15) is 13.2 Å². The molecule has 0 spiro atoms. The van der Waals surface area contributed by atoms with Crippen molar-refractivity contribution < 1.29 is 22.7 Å². The molecule has 0 atom stereocenters. The molecule has 0 saturated heterocycles. The fourth-order valence-electron chi connectivity index (χ4n) is 1.45. The molecule has 0 aromatic heterocycles. The second-order valence-electron chi connectivity index (χ2n) is 5.15. The Morgan fingerprint density at radius 2 is 1.90 bits per heavy atom. The number of benzene rings is 1. The molecule has 7 heteroatoms. The van der Waals surface area contributed by atoms with Crippen molar-refractivity contribution in [3.63, 3.8) is 0 Å².